The van der Waals surface area contributed by atoms with Crippen LogP contribution < -0.4 is 0 Å². The van der Waals surface area contributed by atoms with Gasteiger partial charge in [-0.15, -0.1) is 6.58 Å². The first-order chi connectivity index (χ1) is 10.8. The van der Waals surface area contributed by atoms with Gasteiger partial charge in [-0.2, -0.15) is 0 Å². The number of ether oxygens (including phenoxy) is 1. The van der Waals surface area contributed by atoms with Crippen molar-refractivity contribution in [1.82, 2.24) is 0 Å². The van der Waals surface area contributed by atoms with Crippen molar-refractivity contribution >= 4 is 0 Å². The Bertz CT molecular complexity index is 478. The van der Waals surface area contributed by atoms with Crippen LogP contribution >= 0.6 is 0 Å². The molecule has 0 spiro atoms. The summed E-state index contributed by atoms with van der Waals surface area (Å²) < 4.78 is 6.55. The molecule has 2 saturated carbocycles. The van der Waals surface area contributed by atoms with Gasteiger partial charge in [0.25, 0.3) is 0 Å². The lowest BCUT2D eigenvalue weighted by Crippen LogP contribution is -2.64. The van der Waals surface area contributed by atoms with Gasteiger partial charge in [-0.05, 0) is 68.1 Å². The van der Waals surface area contributed by atoms with E-state index in [4.69, 9.17) is 4.74 Å². The topological polar surface area (TPSA) is 49.7 Å². The quantitative estimate of drug-likeness (QED) is 0.779. The SMILES string of the molecule is C=C[C@]1(CO)CC[C@@H]2[C@]3(C)CCC[C@](C)(CO)[C@@H]3CC[C@]2(C)O1. The second-order valence-electron chi connectivity index (χ2n) is 9.20. The summed E-state index contributed by atoms with van der Waals surface area (Å²) in [6.45, 7) is 11.2. The maximum absolute atomic E-state index is 10.0. The fourth-order valence-corrected chi connectivity index (χ4v) is 6.59. The summed E-state index contributed by atoms with van der Waals surface area (Å²) in [5.74, 6) is 1.07. The van der Waals surface area contributed by atoms with E-state index in [1.165, 1.54) is 12.8 Å². The van der Waals surface area contributed by atoms with E-state index in [1.807, 2.05) is 6.08 Å². The number of fused-ring (bicyclic) bond motifs is 3. The van der Waals surface area contributed by atoms with E-state index in [-0.39, 0.29) is 23.0 Å². The third-order valence-electron chi connectivity index (χ3n) is 7.86. The second-order valence-corrected chi connectivity index (χ2v) is 9.20. The maximum Gasteiger partial charge on any atom is 0.110 e. The number of hydrogen-bond acceptors (Lipinski definition) is 3. The van der Waals surface area contributed by atoms with Crippen molar-refractivity contribution in [2.24, 2.45) is 22.7 Å². The van der Waals surface area contributed by atoms with E-state index < -0.39 is 5.60 Å². The van der Waals surface area contributed by atoms with Crippen LogP contribution in [-0.2, 0) is 4.74 Å². The number of aliphatic hydroxyl groups is 2. The summed E-state index contributed by atoms with van der Waals surface area (Å²) in [6.07, 6.45) is 9.44. The molecule has 6 atom stereocenters. The Morgan fingerprint density at radius 1 is 1.00 bits per heavy atom. The molecule has 0 amide bonds. The van der Waals surface area contributed by atoms with Gasteiger partial charge >= 0.3 is 0 Å². The minimum atomic E-state index is -0.566. The van der Waals surface area contributed by atoms with Crippen molar-refractivity contribution in [3.8, 4) is 0 Å². The molecule has 3 fully saturated rings. The zero-order valence-electron chi connectivity index (χ0n) is 15.1. The van der Waals surface area contributed by atoms with E-state index in [0.29, 0.717) is 18.4 Å². The molecule has 3 aliphatic rings. The number of hydrogen-bond donors (Lipinski definition) is 2. The summed E-state index contributed by atoms with van der Waals surface area (Å²) >= 11 is 0. The molecule has 0 unspecified atom stereocenters. The highest BCUT2D eigenvalue weighted by Crippen LogP contribution is 2.65. The number of aliphatic hydroxyl groups excluding tert-OH is 2. The molecule has 132 valence electrons. The Balaban J connectivity index is 1.94. The second kappa shape index (κ2) is 5.57. The van der Waals surface area contributed by atoms with Crippen molar-refractivity contribution in [2.45, 2.75) is 76.9 Å². The van der Waals surface area contributed by atoms with E-state index >= 15 is 0 Å². The van der Waals surface area contributed by atoms with Gasteiger partial charge < -0.3 is 14.9 Å². The predicted octanol–water partition coefficient (Wildman–Crippen LogP) is 3.69. The monoisotopic (exact) mass is 322 g/mol. The molecule has 1 saturated heterocycles. The molecule has 23 heavy (non-hydrogen) atoms. The van der Waals surface area contributed by atoms with Gasteiger partial charge in [-0.1, -0.05) is 26.3 Å². The van der Waals surface area contributed by atoms with Gasteiger partial charge in [0.15, 0.2) is 0 Å². The van der Waals surface area contributed by atoms with Crippen LogP contribution in [0.1, 0.15) is 65.7 Å². The zero-order valence-corrected chi connectivity index (χ0v) is 15.1. The van der Waals surface area contributed by atoms with Crippen LogP contribution in [0.15, 0.2) is 12.7 Å². The van der Waals surface area contributed by atoms with E-state index in [1.54, 1.807) is 0 Å². The smallest absolute Gasteiger partial charge is 0.110 e. The van der Waals surface area contributed by atoms with Crippen molar-refractivity contribution in [3.05, 3.63) is 12.7 Å². The summed E-state index contributed by atoms with van der Waals surface area (Å²) in [7, 11) is 0. The van der Waals surface area contributed by atoms with Crippen LogP contribution in [0.3, 0.4) is 0 Å². The highest BCUT2D eigenvalue weighted by Gasteiger charge is 2.62. The Labute approximate surface area is 141 Å². The Morgan fingerprint density at radius 3 is 2.30 bits per heavy atom. The lowest BCUT2D eigenvalue weighted by Gasteiger charge is -2.65. The minimum absolute atomic E-state index is 0.0211. The fourth-order valence-electron chi connectivity index (χ4n) is 6.59. The molecule has 1 aliphatic heterocycles. The predicted molar refractivity (Wildman–Crippen MR) is 92.1 cm³/mol. The van der Waals surface area contributed by atoms with Gasteiger partial charge in [0.05, 0.1) is 12.2 Å². The Kier molecular flexibility index (Phi) is 4.23. The third-order valence-corrected chi connectivity index (χ3v) is 7.86. The lowest BCUT2D eigenvalue weighted by atomic mass is 9.44. The third kappa shape index (κ3) is 2.42. The van der Waals surface area contributed by atoms with Crippen molar-refractivity contribution in [2.75, 3.05) is 13.2 Å². The summed E-state index contributed by atoms with van der Waals surface area (Å²) in [6, 6.07) is 0. The molecular weight excluding hydrogens is 288 g/mol. The van der Waals surface area contributed by atoms with Crippen molar-refractivity contribution < 1.29 is 14.9 Å². The van der Waals surface area contributed by atoms with Crippen molar-refractivity contribution in [3.63, 3.8) is 0 Å². The first-order valence-electron chi connectivity index (χ1n) is 9.33. The van der Waals surface area contributed by atoms with Crippen LogP contribution in [0.5, 0.6) is 0 Å². The van der Waals surface area contributed by atoms with Gasteiger partial charge in [0.2, 0.25) is 0 Å². The molecule has 0 aromatic rings. The summed E-state index contributed by atoms with van der Waals surface area (Å²) in [5, 5.41) is 19.9. The maximum atomic E-state index is 10.0. The average Bonchev–Trinajstić information content (AvgIpc) is 2.53. The highest BCUT2D eigenvalue weighted by atomic mass is 16.5. The van der Waals surface area contributed by atoms with E-state index in [2.05, 4.69) is 27.4 Å². The first-order valence-corrected chi connectivity index (χ1v) is 9.33. The molecule has 3 rings (SSSR count). The summed E-state index contributed by atoms with van der Waals surface area (Å²) in [5.41, 5.74) is -0.471. The largest absolute Gasteiger partial charge is 0.396 e. The fraction of sp³-hybridized carbons (Fsp3) is 0.900. The molecule has 0 aromatic heterocycles. The van der Waals surface area contributed by atoms with E-state index in [9.17, 15) is 10.2 Å². The molecule has 2 aliphatic carbocycles. The molecule has 3 heteroatoms. The van der Waals surface area contributed by atoms with Crippen LogP contribution in [0, 0.1) is 22.7 Å². The van der Waals surface area contributed by atoms with Gasteiger partial charge in [-0.25, -0.2) is 0 Å². The first kappa shape index (κ1) is 17.4. The van der Waals surface area contributed by atoms with E-state index in [0.717, 1.165) is 32.1 Å². The minimum Gasteiger partial charge on any atom is -0.396 e. The Morgan fingerprint density at radius 2 is 1.70 bits per heavy atom. The Hall–Kier alpha value is -0.380. The van der Waals surface area contributed by atoms with Crippen molar-refractivity contribution in [1.29, 1.82) is 0 Å². The highest BCUT2D eigenvalue weighted by molar-refractivity contribution is 5.13. The van der Waals surface area contributed by atoms with Gasteiger partial charge in [0, 0.05) is 6.61 Å². The molecule has 3 nitrogen and oxygen atoms in total. The van der Waals surface area contributed by atoms with Crippen LogP contribution in [0.4, 0.5) is 0 Å². The molecule has 0 radical (unpaired) electrons. The molecule has 1 heterocycles. The molecular formula is C20H34O3. The lowest BCUT2D eigenvalue weighted by molar-refractivity contribution is -0.266. The average molecular weight is 322 g/mol. The summed E-state index contributed by atoms with van der Waals surface area (Å²) in [4.78, 5) is 0. The zero-order chi connectivity index (χ0) is 16.9. The van der Waals surface area contributed by atoms with Crippen LogP contribution in [0.25, 0.3) is 0 Å². The standard InChI is InChI=1S/C20H34O3/c1-5-20(14-22)12-8-16-18(3)10-6-9-17(2,13-21)15(18)7-11-19(16,4)23-20/h5,15-16,21-22H,1,6-14H2,2-4H3/t15-,16+,17+,18+,19-,20+/m0/s1. The molecule has 0 aromatic carbocycles. The van der Waals surface area contributed by atoms with Gasteiger partial charge in [0.1, 0.15) is 5.60 Å². The van der Waals surface area contributed by atoms with Crippen LogP contribution in [-0.4, -0.2) is 34.6 Å². The normalized spacial score (nSPS) is 53.3. The number of rotatable bonds is 3. The van der Waals surface area contributed by atoms with Crippen LogP contribution in [0.2, 0.25) is 0 Å². The molecule has 0 bridgehead atoms. The molecule has 2 N–H and O–H groups in total. The van der Waals surface area contributed by atoms with Gasteiger partial charge in [-0.3, -0.25) is 0 Å².